The Bertz CT molecular complexity index is 1360. The molecule has 3 aromatic rings. The number of nitrogens with zero attached hydrogens (tertiary/aromatic N) is 2. The fraction of sp³-hybridized carbons (Fsp3) is 0. The van der Waals surface area contributed by atoms with Gasteiger partial charge in [0.25, 0.3) is 17.5 Å². The molecule has 164 valence electrons. The van der Waals surface area contributed by atoms with Crippen LogP contribution in [0.5, 0.6) is 0 Å². The lowest BCUT2D eigenvalue weighted by molar-refractivity contribution is -0.384. The maximum atomic E-state index is 13.1. The molecule has 1 fully saturated rings. The molecule has 0 saturated carbocycles. The van der Waals surface area contributed by atoms with Crippen LogP contribution in [0.2, 0.25) is 0 Å². The Balaban J connectivity index is 1.68. The van der Waals surface area contributed by atoms with Gasteiger partial charge in [0.1, 0.15) is 17.1 Å². The summed E-state index contributed by atoms with van der Waals surface area (Å²) in [4.78, 5) is 48.3. The van der Waals surface area contributed by atoms with Crippen molar-refractivity contribution in [1.29, 1.82) is 0 Å². The number of carbonyl (C=O) groups is 3. The minimum atomic E-state index is -1.13. The molecule has 11 heteroatoms. The maximum Gasteiger partial charge on any atom is 0.335 e. The minimum absolute atomic E-state index is 0.0204. The van der Waals surface area contributed by atoms with Crippen LogP contribution < -0.4 is 10.2 Å². The Kier molecular flexibility index (Phi) is 5.54. The van der Waals surface area contributed by atoms with Crippen LogP contribution in [0.1, 0.15) is 16.1 Å². The van der Waals surface area contributed by atoms with Crippen molar-refractivity contribution >= 4 is 52.6 Å². The normalized spacial score (nSPS) is 15.0. The Morgan fingerprint density at radius 3 is 2.45 bits per heavy atom. The summed E-state index contributed by atoms with van der Waals surface area (Å²) in [5.74, 6) is -2.30. The van der Waals surface area contributed by atoms with Crippen LogP contribution in [0.3, 0.4) is 0 Å². The summed E-state index contributed by atoms with van der Waals surface area (Å²) in [6.07, 6.45) is 1.20. The molecule has 1 aliphatic rings. The van der Waals surface area contributed by atoms with E-state index in [1.54, 1.807) is 6.07 Å². The fourth-order valence-corrected chi connectivity index (χ4v) is 3.48. The molecule has 1 saturated heterocycles. The van der Waals surface area contributed by atoms with Gasteiger partial charge in [0.05, 0.1) is 21.7 Å². The number of nitro benzene ring substituents is 1. The van der Waals surface area contributed by atoms with Crippen LogP contribution >= 0.6 is 12.2 Å². The summed E-state index contributed by atoms with van der Waals surface area (Å²) in [5.41, 5.74) is 0.0918. The lowest BCUT2D eigenvalue weighted by Crippen LogP contribution is -2.54. The molecular weight excluding hydrogens is 450 g/mol. The van der Waals surface area contributed by atoms with Gasteiger partial charge >= 0.3 is 5.97 Å². The molecular formula is C22H13N3O7S. The van der Waals surface area contributed by atoms with Crippen molar-refractivity contribution in [3.8, 4) is 11.3 Å². The molecule has 1 aromatic heterocycles. The predicted molar refractivity (Wildman–Crippen MR) is 120 cm³/mol. The van der Waals surface area contributed by atoms with E-state index in [1.165, 1.54) is 60.7 Å². The van der Waals surface area contributed by atoms with E-state index in [9.17, 15) is 24.5 Å². The van der Waals surface area contributed by atoms with Crippen molar-refractivity contribution in [1.82, 2.24) is 5.32 Å². The molecule has 1 aliphatic heterocycles. The number of hydrogen-bond donors (Lipinski definition) is 2. The van der Waals surface area contributed by atoms with Gasteiger partial charge in [-0.15, -0.1) is 0 Å². The van der Waals surface area contributed by atoms with Gasteiger partial charge in [0.15, 0.2) is 5.11 Å². The van der Waals surface area contributed by atoms with Gasteiger partial charge < -0.3 is 9.52 Å². The van der Waals surface area contributed by atoms with Gasteiger partial charge in [-0.25, -0.2) is 4.79 Å². The number of thiocarbonyl (C=S) groups is 1. The first kappa shape index (κ1) is 21.6. The number of rotatable bonds is 5. The molecule has 2 N–H and O–H groups in total. The number of carboxylic acids is 1. The number of nitrogens with one attached hydrogen (secondary N) is 1. The van der Waals surface area contributed by atoms with Gasteiger partial charge in [-0.3, -0.25) is 29.9 Å². The highest BCUT2D eigenvalue weighted by molar-refractivity contribution is 7.80. The number of anilines is 1. The Hall–Kier alpha value is -4.64. The third kappa shape index (κ3) is 4.12. The Morgan fingerprint density at radius 1 is 1.09 bits per heavy atom. The molecule has 33 heavy (non-hydrogen) atoms. The quantitative estimate of drug-likeness (QED) is 0.193. The highest BCUT2D eigenvalue weighted by Crippen LogP contribution is 2.32. The first-order valence-electron chi connectivity index (χ1n) is 9.34. The second-order valence-electron chi connectivity index (χ2n) is 6.79. The molecule has 0 aliphatic carbocycles. The number of nitro groups is 1. The molecule has 0 spiro atoms. The van der Waals surface area contributed by atoms with E-state index in [1.807, 2.05) is 0 Å². The van der Waals surface area contributed by atoms with Crippen molar-refractivity contribution in [2.24, 2.45) is 0 Å². The van der Waals surface area contributed by atoms with Crippen molar-refractivity contribution in [3.63, 3.8) is 0 Å². The number of furan rings is 1. The zero-order chi connectivity index (χ0) is 23.7. The Morgan fingerprint density at radius 2 is 1.79 bits per heavy atom. The fourth-order valence-electron chi connectivity index (χ4n) is 3.20. The molecule has 0 atom stereocenters. The largest absolute Gasteiger partial charge is 0.478 e. The first-order chi connectivity index (χ1) is 15.8. The standard InChI is InChI=1S/C22H13N3O7S/c26-19-16(11-14-9-10-18(32-14)15-3-1-2-4-17(15)25(30)31)20(27)24(22(33)23-19)13-7-5-12(6-8-13)21(28)29/h1-11H,(H,28,29)(H,23,26,33)/b16-11-. The lowest BCUT2D eigenvalue weighted by Gasteiger charge is -2.28. The summed E-state index contributed by atoms with van der Waals surface area (Å²) in [5, 5.41) is 22.6. The van der Waals surface area contributed by atoms with Crippen molar-refractivity contribution in [2.45, 2.75) is 0 Å². The van der Waals surface area contributed by atoms with E-state index in [0.717, 1.165) is 4.90 Å². The summed E-state index contributed by atoms with van der Waals surface area (Å²) in [6, 6.07) is 14.4. The van der Waals surface area contributed by atoms with Crippen LogP contribution in [0, 0.1) is 10.1 Å². The summed E-state index contributed by atoms with van der Waals surface area (Å²) in [6.45, 7) is 0. The third-order valence-electron chi connectivity index (χ3n) is 4.75. The molecule has 2 heterocycles. The molecule has 0 radical (unpaired) electrons. The van der Waals surface area contributed by atoms with Crippen molar-refractivity contribution in [2.75, 3.05) is 4.90 Å². The molecule has 0 bridgehead atoms. The molecule has 2 aromatic carbocycles. The van der Waals surface area contributed by atoms with E-state index < -0.39 is 22.7 Å². The van der Waals surface area contributed by atoms with E-state index in [2.05, 4.69) is 5.32 Å². The monoisotopic (exact) mass is 463 g/mol. The topological polar surface area (TPSA) is 143 Å². The van der Waals surface area contributed by atoms with E-state index in [4.69, 9.17) is 21.7 Å². The molecule has 0 unspecified atom stereocenters. The number of benzene rings is 2. The summed E-state index contributed by atoms with van der Waals surface area (Å²) < 4.78 is 5.64. The van der Waals surface area contributed by atoms with Gasteiger partial charge in [-0.05, 0) is 60.8 Å². The maximum absolute atomic E-state index is 13.1. The van der Waals surface area contributed by atoms with E-state index >= 15 is 0 Å². The number of carbonyl (C=O) groups excluding carboxylic acids is 2. The van der Waals surface area contributed by atoms with Crippen molar-refractivity contribution < 1.29 is 28.8 Å². The van der Waals surface area contributed by atoms with Gasteiger partial charge in [-0.1, -0.05) is 12.1 Å². The van der Waals surface area contributed by atoms with Crippen LogP contribution in [0.25, 0.3) is 17.4 Å². The van der Waals surface area contributed by atoms with Gasteiger partial charge in [0.2, 0.25) is 0 Å². The minimum Gasteiger partial charge on any atom is -0.478 e. The SMILES string of the molecule is O=C1NC(=S)N(c2ccc(C(=O)O)cc2)C(=O)/C1=C\c1ccc(-c2ccccc2[N+](=O)[O-])o1. The van der Waals surface area contributed by atoms with Gasteiger partial charge in [0, 0.05) is 6.07 Å². The Labute approximate surface area is 190 Å². The highest BCUT2D eigenvalue weighted by Gasteiger charge is 2.35. The number of aromatic carboxylic acids is 1. The second kappa shape index (κ2) is 8.48. The highest BCUT2D eigenvalue weighted by atomic mass is 32.1. The number of amides is 2. The predicted octanol–water partition coefficient (Wildman–Crippen LogP) is 3.38. The third-order valence-corrected chi connectivity index (χ3v) is 5.04. The number of hydrogen-bond acceptors (Lipinski definition) is 7. The molecule has 4 rings (SSSR count). The average Bonchev–Trinajstić information content (AvgIpc) is 3.25. The van der Waals surface area contributed by atoms with Gasteiger partial charge in [-0.2, -0.15) is 0 Å². The molecule has 2 amide bonds. The second-order valence-corrected chi connectivity index (χ2v) is 7.17. The smallest absolute Gasteiger partial charge is 0.335 e. The average molecular weight is 463 g/mol. The first-order valence-corrected chi connectivity index (χ1v) is 9.75. The van der Waals surface area contributed by atoms with Crippen LogP contribution in [0.15, 0.2) is 70.7 Å². The number of carboxylic acid groups (broad SMARTS) is 1. The zero-order valence-corrected chi connectivity index (χ0v) is 17.4. The zero-order valence-electron chi connectivity index (χ0n) is 16.6. The van der Waals surface area contributed by atoms with E-state index in [0.29, 0.717) is 0 Å². The van der Waals surface area contributed by atoms with Crippen molar-refractivity contribution in [3.05, 3.63) is 87.7 Å². The van der Waals surface area contributed by atoms with Crippen LogP contribution in [0.4, 0.5) is 11.4 Å². The van der Waals surface area contributed by atoms with Crippen LogP contribution in [-0.2, 0) is 9.59 Å². The summed E-state index contributed by atoms with van der Waals surface area (Å²) in [7, 11) is 0. The van der Waals surface area contributed by atoms with Crippen LogP contribution in [-0.4, -0.2) is 32.9 Å². The number of para-hydroxylation sites is 1. The lowest BCUT2D eigenvalue weighted by atomic mass is 10.1. The van der Waals surface area contributed by atoms with E-state index in [-0.39, 0.29) is 44.7 Å². The molecule has 10 nitrogen and oxygen atoms in total. The summed E-state index contributed by atoms with van der Waals surface area (Å²) >= 11 is 5.11.